The Balaban J connectivity index is 1.06. The molecule has 39 atom stereocenters. The minimum atomic E-state index is -2.23. The first-order chi connectivity index (χ1) is 42.4. The molecule has 24 aliphatic rings. The molecule has 24 heterocycles. The van der Waals surface area contributed by atoms with Crippen LogP contribution in [0.15, 0.2) is 0 Å². The summed E-state index contributed by atoms with van der Waals surface area (Å²) in [7, 11) is 1.05. The van der Waals surface area contributed by atoms with Crippen LogP contribution in [0.25, 0.3) is 0 Å². The number of hydrogen-bond acceptors (Lipinski definition) is 38. The SMILES string of the molecule is CCC1OC2OC3C(CO)OC(OC4C(CO)OC(OC5C(CO)OC(OC6C(CO)OC(OC7C(CO)OC(OC(C(CO)OC)C(O)C(O)COC8C(CO)OC(OC1C(O)C2O)C(O)C8O)C(O)C7O)C(O)C6O)C(O)C5C)C(O)C4O)C(O)C3O. The number of fused-ring (bicyclic) bond motifs is 1. The predicted octanol–water partition coefficient (Wildman–Crippen LogP) is -14.4. The van der Waals surface area contributed by atoms with E-state index in [2.05, 4.69) is 0 Å². The number of rotatable bonds is 10. The molecule has 0 radical (unpaired) electrons. The zero-order valence-corrected chi connectivity index (χ0v) is 48.3. The summed E-state index contributed by atoms with van der Waals surface area (Å²) >= 11 is 0. The van der Waals surface area contributed by atoms with Gasteiger partial charge < -0.3 is 188 Å². The normalized spacial score (nSPS) is 53.1. The Morgan fingerprint density at radius 1 is 0.315 bits per heavy atom. The maximum absolute atomic E-state index is 11.6. The minimum Gasteiger partial charge on any atom is -0.394 e. The van der Waals surface area contributed by atoms with Gasteiger partial charge >= 0.3 is 0 Å². The lowest BCUT2D eigenvalue weighted by Crippen LogP contribution is -2.68. The zero-order valence-electron chi connectivity index (χ0n) is 48.3. The third-order valence-corrected chi connectivity index (χ3v) is 17.4. The van der Waals surface area contributed by atoms with E-state index in [0.29, 0.717) is 0 Å². The van der Waals surface area contributed by atoms with Gasteiger partial charge in [0, 0.05) is 13.0 Å². The van der Waals surface area contributed by atoms with Gasteiger partial charge in [0.15, 0.2) is 44.0 Å². The average Bonchev–Trinajstić information content (AvgIpc) is 1.96. The van der Waals surface area contributed by atoms with Gasteiger partial charge in [-0.3, -0.25) is 0 Å². The molecule has 0 aliphatic carbocycles. The van der Waals surface area contributed by atoms with Crippen LogP contribution in [0.2, 0.25) is 0 Å². The van der Waals surface area contributed by atoms with E-state index in [1.165, 1.54) is 13.8 Å². The monoisotopic (exact) mass is 1310 g/mol. The van der Waals surface area contributed by atoms with E-state index in [0.717, 1.165) is 7.11 Å². The summed E-state index contributed by atoms with van der Waals surface area (Å²) in [5.41, 5.74) is 0. The number of ether oxygens (including phenoxy) is 16. The van der Waals surface area contributed by atoms with Crippen molar-refractivity contribution in [2.45, 2.75) is 254 Å². The van der Waals surface area contributed by atoms with Gasteiger partial charge in [-0.2, -0.15) is 0 Å². The van der Waals surface area contributed by atoms with Crippen LogP contribution < -0.4 is 0 Å². The van der Waals surface area contributed by atoms with E-state index >= 15 is 0 Å². The van der Waals surface area contributed by atoms with Crippen LogP contribution in [-0.2, 0) is 75.8 Å². The molecule has 0 aromatic heterocycles. The molecular formula is C51H88O38. The summed E-state index contributed by atoms with van der Waals surface area (Å²) in [4.78, 5) is 0. The van der Waals surface area contributed by atoms with Gasteiger partial charge in [-0.15, -0.1) is 0 Å². The standard InChI is InChI=1S/C51H88O38/c1-4-15-39-26(63)32(69)46(76-15)87-42-21(10-57)82-51(36(73)30(42)67)88-43-20(9-56)79-47(33(70)27(43)64)83-37-13(2)23(60)45(77-17(37)6-53)86-41-19(8-55)81-50(35(72)28(41)65)89-44-22(11-58)80-49(34(71)29(44)66)85-40(16(5-52)74-3)24(61)14(59)12-75-38-18(7-54)78-48(84-39)31(68)25(38)62/h13-73H,4-12H2,1-3H3. The quantitative estimate of drug-likeness (QED) is 0.0966. The molecule has 22 N–H and O–H groups in total. The van der Waals surface area contributed by atoms with Gasteiger partial charge in [-0.1, -0.05) is 13.8 Å². The topological polar surface area (TPSA) is 593 Å². The second kappa shape index (κ2) is 32.0. The molecule has 39 unspecified atom stereocenters. The molecule has 24 rings (SSSR count). The summed E-state index contributed by atoms with van der Waals surface area (Å²) in [5, 5.41) is 245. The molecule has 0 saturated carbocycles. The molecule has 38 heteroatoms. The molecule has 14 bridgehead atoms. The number of aliphatic hydroxyl groups is 22. The highest BCUT2D eigenvalue weighted by molar-refractivity contribution is 5.01. The van der Waals surface area contributed by atoms with Crippen molar-refractivity contribution in [1.82, 2.24) is 0 Å². The lowest BCUT2D eigenvalue weighted by molar-refractivity contribution is -0.396. The fourth-order valence-electron chi connectivity index (χ4n) is 12.1. The van der Waals surface area contributed by atoms with Crippen molar-refractivity contribution < 1.29 is 188 Å². The maximum atomic E-state index is 11.6. The van der Waals surface area contributed by atoms with E-state index in [9.17, 15) is 112 Å². The lowest BCUT2D eigenvalue weighted by atomic mass is 9.90. The predicted molar refractivity (Wildman–Crippen MR) is 274 cm³/mol. The highest BCUT2D eigenvalue weighted by Crippen LogP contribution is 2.40. The number of methoxy groups -OCH3 is 1. The molecule has 0 spiro atoms. The van der Waals surface area contributed by atoms with Gasteiger partial charge in [0.2, 0.25) is 0 Å². The molecular weight excluding hydrogens is 1220 g/mol. The van der Waals surface area contributed by atoms with E-state index in [4.69, 9.17) is 75.8 Å². The van der Waals surface area contributed by atoms with Crippen LogP contribution in [0.5, 0.6) is 0 Å². The third kappa shape index (κ3) is 15.2. The van der Waals surface area contributed by atoms with Gasteiger partial charge in [0.1, 0.15) is 177 Å². The van der Waals surface area contributed by atoms with Gasteiger partial charge in [-0.05, 0) is 6.42 Å². The smallest absolute Gasteiger partial charge is 0.187 e. The van der Waals surface area contributed by atoms with Gasteiger partial charge in [-0.25, -0.2) is 0 Å². The molecule has 24 saturated heterocycles. The Labute approximate surface area is 506 Å². The Hall–Kier alpha value is -1.52. The summed E-state index contributed by atoms with van der Waals surface area (Å²) in [6.45, 7) is -5.01. The van der Waals surface area contributed by atoms with Crippen molar-refractivity contribution in [2.24, 2.45) is 5.92 Å². The molecule has 24 aliphatic heterocycles. The highest BCUT2D eigenvalue weighted by Gasteiger charge is 2.59. The largest absolute Gasteiger partial charge is 0.394 e. The van der Waals surface area contributed by atoms with E-state index in [-0.39, 0.29) is 6.42 Å². The minimum absolute atomic E-state index is 0.0586. The van der Waals surface area contributed by atoms with Crippen molar-refractivity contribution in [3.63, 3.8) is 0 Å². The van der Waals surface area contributed by atoms with Crippen molar-refractivity contribution in [3.8, 4) is 0 Å². The molecule has 0 aromatic rings. The lowest BCUT2D eigenvalue weighted by Gasteiger charge is -2.50. The van der Waals surface area contributed by atoms with Crippen molar-refractivity contribution in [1.29, 1.82) is 0 Å². The van der Waals surface area contributed by atoms with Crippen LogP contribution in [0.3, 0.4) is 0 Å². The second-order valence-electron chi connectivity index (χ2n) is 23.1. The Morgan fingerprint density at radius 2 is 0.573 bits per heavy atom. The third-order valence-electron chi connectivity index (χ3n) is 17.4. The average molecular weight is 1310 g/mol. The van der Waals surface area contributed by atoms with Crippen molar-refractivity contribution in [2.75, 3.05) is 60.0 Å². The van der Waals surface area contributed by atoms with E-state index < -0.39 is 292 Å². The zero-order chi connectivity index (χ0) is 65.2. The first kappa shape index (κ1) is 73.3. The summed E-state index contributed by atoms with van der Waals surface area (Å²) in [5.74, 6) is -1.20. The summed E-state index contributed by atoms with van der Waals surface area (Å²) < 4.78 is 92.5. The van der Waals surface area contributed by atoms with Crippen LogP contribution in [0.1, 0.15) is 20.3 Å². The van der Waals surface area contributed by atoms with Crippen molar-refractivity contribution in [3.05, 3.63) is 0 Å². The molecule has 520 valence electrons. The Bertz CT molecular complexity index is 2100. The maximum Gasteiger partial charge on any atom is 0.187 e. The Morgan fingerprint density at radius 3 is 0.876 bits per heavy atom. The molecule has 0 aromatic carbocycles. The van der Waals surface area contributed by atoms with E-state index in [1.807, 2.05) is 0 Å². The van der Waals surface area contributed by atoms with Crippen LogP contribution >= 0.6 is 0 Å². The van der Waals surface area contributed by atoms with Crippen LogP contribution in [0, 0.1) is 5.92 Å². The van der Waals surface area contributed by atoms with Crippen LogP contribution in [-0.4, -0.2) is 406 Å². The first-order valence-electron chi connectivity index (χ1n) is 29.1. The molecule has 38 nitrogen and oxygen atoms in total. The molecule has 89 heavy (non-hydrogen) atoms. The van der Waals surface area contributed by atoms with Crippen molar-refractivity contribution >= 4 is 0 Å². The van der Waals surface area contributed by atoms with E-state index in [1.54, 1.807) is 0 Å². The number of aliphatic hydroxyl groups excluding tert-OH is 22. The summed E-state index contributed by atoms with van der Waals surface area (Å²) in [6, 6.07) is 0. The number of hydrogen-bond donors (Lipinski definition) is 22. The fourth-order valence-corrected chi connectivity index (χ4v) is 12.1. The van der Waals surface area contributed by atoms with Crippen LogP contribution in [0.4, 0.5) is 0 Å². The fraction of sp³-hybridized carbons (Fsp3) is 1.00. The summed E-state index contributed by atoms with van der Waals surface area (Å²) in [6.07, 6.45) is -72.4. The molecule has 24 fully saturated rings. The van der Waals surface area contributed by atoms with Gasteiger partial charge in [0.05, 0.1) is 65.1 Å². The molecule has 0 amide bonds. The Kier molecular flexibility index (Phi) is 26.4. The first-order valence-corrected chi connectivity index (χ1v) is 29.1. The second-order valence-corrected chi connectivity index (χ2v) is 23.1. The van der Waals surface area contributed by atoms with Gasteiger partial charge in [0.25, 0.3) is 0 Å². The highest BCUT2D eigenvalue weighted by atomic mass is 16.8.